The lowest BCUT2D eigenvalue weighted by Gasteiger charge is -2.42. The first-order valence-corrected chi connectivity index (χ1v) is 35.5. The fourth-order valence-corrected chi connectivity index (χ4v) is 13.4. The van der Waals surface area contributed by atoms with Crippen molar-refractivity contribution >= 4 is 74.8 Å². The summed E-state index contributed by atoms with van der Waals surface area (Å²) < 4.78 is 50.7. The molecular weight excluding hydrogens is 1400 g/mol. The average Bonchev–Trinajstić information content (AvgIpc) is 1.58. The average molecular weight is 1490 g/mol. The van der Waals surface area contributed by atoms with Crippen LogP contribution in [0.3, 0.4) is 0 Å². The minimum absolute atomic E-state index is 0.00543. The number of hydrogen-bond acceptors (Lipinski definition) is 18. The van der Waals surface area contributed by atoms with E-state index in [4.69, 9.17) is 63.6 Å². The Morgan fingerprint density at radius 1 is 0.858 bits per heavy atom. The zero-order valence-corrected chi connectivity index (χ0v) is 61.9. The molecule has 0 aliphatic carbocycles. The topological polar surface area (TPSA) is 310 Å². The highest BCUT2D eigenvalue weighted by Gasteiger charge is 2.34. The normalized spacial score (nSPS) is 13.6. The second kappa shape index (κ2) is 36.6. The molecule has 1 fully saturated rings. The number of nitrogens with zero attached hydrogens (tertiary/aromatic N) is 7. The highest BCUT2D eigenvalue weighted by Crippen LogP contribution is 2.50. The number of urea groups is 1. The van der Waals surface area contributed by atoms with Gasteiger partial charge in [-0.25, -0.2) is 43.5 Å². The van der Waals surface area contributed by atoms with Crippen molar-refractivity contribution in [2.24, 2.45) is 11.7 Å². The number of carbonyl (C=O) groups excluding carboxylic acids is 5. The number of ether oxygens (including phenoxy) is 6. The Hall–Kier alpha value is -11.1. The molecule has 5 aromatic carbocycles. The molecule has 6 amide bonds. The number of amides is 6. The highest BCUT2D eigenvalue weighted by atomic mass is 35.5. The molecule has 0 saturated carbocycles. The van der Waals surface area contributed by atoms with Gasteiger partial charge in [0.15, 0.2) is 12.4 Å². The van der Waals surface area contributed by atoms with Crippen molar-refractivity contribution in [3.63, 3.8) is 0 Å². The number of para-hydroxylation sites is 2. The highest BCUT2D eigenvalue weighted by molar-refractivity contribution is 7.22. The number of hydrogen-bond donors (Lipinski definition) is 6. The Labute approximate surface area is 624 Å². The van der Waals surface area contributed by atoms with Gasteiger partial charge in [-0.05, 0) is 129 Å². The molecular formula is C78H87ClFN12O13S+. The number of carbonyl (C=O) groups is 6. The molecule has 4 heterocycles. The minimum Gasteiger partial charge on any atom is -0.496 e. The van der Waals surface area contributed by atoms with E-state index >= 15 is 0 Å². The van der Waals surface area contributed by atoms with Crippen LogP contribution in [-0.2, 0) is 50.0 Å². The standard InChI is InChI=1S/C78H86ClFN12O13S/c1-11-34-91(77(99)102-40-12-2)44-53-42-55(87-70(93)59(20-17-32-83-75(81)97)88-71(94)67(48(3)4)89-76(98)105-78(6,7)8)28-25-52(53)45-92(9)38-35-90(36-39-92)37-41-101-62-30-29-57(49(5)66(62)79)64-65-72(84-47-85-73(65)106-68(64)50-23-26-54(80)27-24-50)104-63(74(95)96)43-51-18-13-15-21-60(51)103-46-56-31-33-82-69(86-56)58-19-14-16-22-61(58)100-10/h1-2,13-16,18-19,21-31,33,42,47-48,59,63,67H,17,20,32,34-41,43-46H2,3-10H3,(H6-,81,83,87,88,89,93,94,95,96,97,98)/p+1/t59-,63+,67-/m0/s1. The van der Waals surface area contributed by atoms with E-state index in [1.807, 2.05) is 43.3 Å². The molecule has 1 aliphatic heterocycles. The summed E-state index contributed by atoms with van der Waals surface area (Å²) in [5.74, 6) is 3.42. The zero-order valence-electron chi connectivity index (χ0n) is 60.3. The van der Waals surface area contributed by atoms with E-state index in [2.05, 4.69) is 60.0 Å². The number of nitrogens with two attached hydrogens (primary N) is 1. The van der Waals surface area contributed by atoms with E-state index in [9.17, 15) is 38.3 Å². The number of alkyl carbamates (subject to hydrolysis) is 1. The van der Waals surface area contributed by atoms with Crippen LogP contribution in [0.5, 0.6) is 23.1 Å². The number of quaternary nitrogens is 1. The van der Waals surface area contributed by atoms with Gasteiger partial charge in [-0.1, -0.05) is 91.9 Å². The molecule has 7 N–H and O–H groups in total. The van der Waals surface area contributed by atoms with E-state index in [1.54, 1.807) is 109 Å². The first-order chi connectivity index (χ1) is 50.7. The lowest BCUT2D eigenvalue weighted by Crippen LogP contribution is -2.57. The number of carboxylic acids is 1. The molecule has 28 heteroatoms. The van der Waals surface area contributed by atoms with E-state index in [-0.39, 0.29) is 64.6 Å². The number of primary amides is 1. The SMILES string of the molecule is C#CCOC(=O)N(CC#C)Cc1cc(NC(=O)[C@H](CCCNC(N)=O)NC(=O)[C@@H](NC(=O)OC(C)(C)C)C(C)C)ccc1C[N+]1(C)CCN(CCOc2ccc(-c3c(-c4ccc(F)cc4)sc4ncnc(O[C@H](Cc5ccccc5OCc5ccnc(-c6ccccc6OC)n5)C(=O)O)c34)c(C)c2Cl)CC1. The summed E-state index contributed by atoms with van der Waals surface area (Å²) in [5.41, 5.74) is 10.7. The molecule has 3 aromatic heterocycles. The van der Waals surface area contributed by atoms with Gasteiger partial charge in [0.05, 0.1) is 62.0 Å². The molecule has 25 nitrogen and oxygen atoms in total. The Morgan fingerprint density at radius 2 is 1.59 bits per heavy atom. The van der Waals surface area contributed by atoms with Gasteiger partial charge in [0.25, 0.3) is 0 Å². The predicted octanol–water partition coefficient (Wildman–Crippen LogP) is 11.2. The maximum absolute atomic E-state index is 14.6. The number of anilines is 1. The third kappa shape index (κ3) is 21.3. The van der Waals surface area contributed by atoms with Gasteiger partial charge in [0.2, 0.25) is 23.8 Å². The summed E-state index contributed by atoms with van der Waals surface area (Å²) >= 11 is 8.60. The van der Waals surface area contributed by atoms with Crippen molar-refractivity contribution in [3.05, 3.63) is 161 Å². The van der Waals surface area contributed by atoms with Crippen LogP contribution < -0.4 is 45.9 Å². The van der Waals surface area contributed by atoms with Gasteiger partial charge in [-0.15, -0.1) is 24.2 Å². The smallest absolute Gasteiger partial charge is 0.411 e. The number of terminal acetylenes is 2. The second-order valence-electron chi connectivity index (χ2n) is 26.9. The third-order valence-electron chi connectivity index (χ3n) is 17.5. The van der Waals surface area contributed by atoms with E-state index in [0.717, 1.165) is 5.56 Å². The summed E-state index contributed by atoms with van der Waals surface area (Å²) in [5, 5.41) is 22.4. The van der Waals surface area contributed by atoms with Crippen molar-refractivity contribution in [2.45, 2.75) is 104 Å². The van der Waals surface area contributed by atoms with Crippen LogP contribution in [0.15, 0.2) is 122 Å². The van der Waals surface area contributed by atoms with Gasteiger partial charge in [-0.2, -0.15) is 0 Å². The minimum atomic E-state index is -1.46. The first kappa shape index (κ1) is 79.0. The molecule has 3 atom stereocenters. The number of aliphatic carboxylic acids is 1. The number of nitrogens with one attached hydrogen (secondary N) is 4. The summed E-state index contributed by atoms with van der Waals surface area (Å²) in [6.07, 6.45) is 11.3. The molecule has 0 spiro atoms. The Bertz CT molecular complexity index is 4550. The number of rotatable bonds is 32. The number of methoxy groups -OCH3 is 1. The molecule has 9 rings (SSSR count). The van der Waals surface area contributed by atoms with Crippen LogP contribution in [-0.4, -0.2) is 172 Å². The Balaban J connectivity index is 0.893. The van der Waals surface area contributed by atoms with Crippen molar-refractivity contribution in [1.29, 1.82) is 0 Å². The van der Waals surface area contributed by atoms with Crippen LogP contribution >= 0.6 is 22.9 Å². The zero-order chi connectivity index (χ0) is 76.2. The molecule has 1 aliphatic rings. The summed E-state index contributed by atoms with van der Waals surface area (Å²) in [4.78, 5) is 102. The fourth-order valence-electron chi connectivity index (χ4n) is 12.0. The van der Waals surface area contributed by atoms with E-state index in [1.165, 1.54) is 34.7 Å². The number of benzene rings is 5. The van der Waals surface area contributed by atoms with Crippen LogP contribution in [0.4, 0.5) is 24.5 Å². The lowest BCUT2D eigenvalue weighted by molar-refractivity contribution is -0.926. The van der Waals surface area contributed by atoms with Gasteiger partial charge in [-0.3, -0.25) is 19.4 Å². The predicted molar refractivity (Wildman–Crippen MR) is 401 cm³/mol. The number of likely N-dealkylation sites (N-methyl/N-ethyl adjacent to an activating group) is 1. The molecule has 106 heavy (non-hydrogen) atoms. The number of thiophene rings is 1. The largest absolute Gasteiger partial charge is 0.496 e. The van der Waals surface area contributed by atoms with Crippen LogP contribution in [0.2, 0.25) is 5.02 Å². The van der Waals surface area contributed by atoms with Crippen LogP contribution in [0, 0.1) is 43.3 Å². The second-order valence-corrected chi connectivity index (χ2v) is 28.3. The molecule has 1 saturated heterocycles. The molecule has 8 aromatic rings. The number of halogens is 2. The maximum Gasteiger partial charge on any atom is 0.411 e. The molecule has 0 radical (unpaired) electrons. The van der Waals surface area contributed by atoms with E-state index in [0.29, 0.717) is 137 Å². The van der Waals surface area contributed by atoms with E-state index < -0.39 is 71.5 Å². The van der Waals surface area contributed by atoms with Crippen LogP contribution in [0.25, 0.3) is 43.2 Å². The monoisotopic (exact) mass is 1490 g/mol. The molecule has 0 bridgehead atoms. The van der Waals surface area contributed by atoms with Gasteiger partial charge in [0.1, 0.15) is 71.7 Å². The summed E-state index contributed by atoms with van der Waals surface area (Å²) in [6.45, 7) is 14.3. The molecule has 556 valence electrons. The van der Waals surface area contributed by atoms with Crippen LogP contribution in [0.1, 0.15) is 75.4 Å². The maximum atomic E-state index is 14.6. The number of aromatic nitrogens is 4. The quantitative estimate of drug-likeness (QED) is 0.0130. The van der Waals surface area contributed by atoms with Gasteiger partial charge >= 0.3 is 24.2 Å². The van der Waals surface area contributed by atoms with Crippen molar-refractivity contribution in [3.8, 4) is 80.8 Å². The number of piperazine rings is 1. The summed E-state index contributed by atoms with van der Waals surface area (Å²) in [6, 6.07) is 28.3. The van der Waals surface area contributed by atoms with Crippen molar-refractivity contribution < 1.29 is 71.2 Å². The van der Waals surface area contributed by atoms with Gasteiger partial charge < -0.3 is 65.0 Å². The number of carboxylic acid groups (broad SMARTS) is 1. The third-order valence-corrected chi connectivity index (χ3v) is 19.1. The fraction of sp³-hybridized carbons (Fsp3) is 0.359. The summed E-state index contributed by atoms with van der Waals surface area (Å²) in [7, 11) is 3.72. The first-order valence-electron chi connectivity index (χ1n) is 34.4. The van der Waals surface area contributed by atoms with Gasteiger partial charge in [0, 0.05) is 60.5 Å². The van der Waals surface area contributed by atoms with Crippen molar-refractivity contribution in [2.75, 3.05) is 78.5 Å². The number of fused-ring (bicyclic) bond motifs is 1. The molecule has 0 unspecified atom stereocenters. The Kier molecular flexibility index (Phi) is 27.3. The van der Waals surface area contributed by atoms with Crippen molar-refractivity contribution in [1.82, 2.24) is 45.7 Å². The Morgan fingerprint density at radius 3 is 2.29 bits per heavy atom. The lowest BCUT2D eigenvalue weighted by atomic mass is 9.96.